The van der Waals surface area contributed by atoms with Crippen LogP contribution in [0.2, 0.25) is 0 Å². The van der Waals surface area contributed by atoms with E-state index in [4.69, 9.17) is 0 Å². The molecule has 2 atom stereocenters. The summed E-state index contributed by atoms with van der Waals surface area (Å²) in [4.78, 5) is 11.3. The summed E-state index contributed by atoms with van der Waals surface area (Å²) in [5.41, 5.74) is 2.10. The van der Waals surface area contributed by atoms with Crippen molar-refractivity contribution in [2.45, 2.75) is 31.8 Å². The molecule has 0 saturated heterocycles. The van der Waals surface area contributed by atoms with Crippen LogP contribution in [0.4, 0.5) is 0 Å². The molecule has 1 aliphatic carbocycles. The van der Waals surface area contributed by atoms with E-state index in [1.807, 2.05) is 24.3 Å². The molecule has 1 aromatic carbocycles. The van der Waals surface area contributed by atoms with Gasteiger partial charge in [-0.1, -0.05) is 24.3 Å². The van der Waals surface area contributed by atoms with Gasteiger partial charge in [0, 0.05) is 0 Å². The molecule has 2 rings (SSSR count). The number of carbonyl (C=O) groups excluding carboxylic acids is 1. The molecule has 1 aliphatic rings. The molecule has 17 heavy (non-hydrogen) atoms. The number of aliphatic hydroxyl groups is 1. The summed E-state index contributed by atoms with van der Waals surface area (Å²) in [7, 11) is 1.34. The Kier molecular flexibility index (Phi) is 3.48. The van der Waals surface area contributed by atoms with Gasteiger partial charge < -0.3 is 9.84 Å². The first-order chi connectivity index (χ1) is 8.13. The summed E-state index contributed by atoms with van der Waals surface area (Å²) >= 11 is 0. The predicted octanol–water partition coefficient (Wildman–Crippen LogP) is 2.41. The van der Waals surface area contributed by atoms with Crippen molar-refractivity contribution in [3.63, 3.8) is 0 Å². The summed E-state index contributed by atoms with van der Waals surface area (Å²) in [5, 5.41) is 10.0. The van der Waals surface area contributed by atoms with E-state index in [0.717, 1.165) is 5.56 Å². The molecule has 1 saturated carbocycles. The van der Waals surface area contributed by atoms with Crippen molar-refractivity contribution in [3.8, 4) is 0 Å². The van der Waals surface area contributed by atoms with Gasteiger partial charge in [0.1, 0.15) is 0 Å². The first-order valence-electron chi connectivity index (χ1n) is 5.99. The number of rotatable bonds is 4. The Hall–Kier alpha value is -1.35. The maximum absolute atomic E-state index is 11.3. The number of hydrogen-bond donors (Lipinski definition) is 1. The van der Waals surface area contributed by atoms with Crippen LogP contribution in [-0.2, 0) is 9.53 Å². The maximum atomic E-state index is 11.3. The summed E-state index contributed by atoms with van der Waals surface area (Å²) in [6, 6.07) is 7.88. The lowest BCUT2D eigenvalue weighted by Crippen LogP contribution is -2.20. The number of ether oxygens (including phenoxy) is 1. The molecule has 0 bridgehead atoms. The van der Waals surface area contributed by atoms with Gasteiger partial charge in [-0.25, -0.2) is 0 Å². The fourth-order valence-electron chi connectivity index (χ4n) is 1.99. The Bertz CT molecular complexity index is 392. The fourth-order valence-corrected chi connectivity index (χ4v) is 1.99. The van der Waals surface area contributed by atoms with Gasteiger partial charge in [-0.15, -0.1) is 0 Å². The van der Waals surface area contributed by atoms with Gasteiger partial charge >= 0.3 is 5.97 Å². The Morgan fingerprint density at radius 3 is 2.41 bits per heavy atom. The summed E-state index contributed by atoms with van der Waals surface area (Å²) in [5.74, 6) is -0.213. The van der Waals surface area contributed by atoms with Gasteiger partial charge in [-0.2, -0.15) is 0 Å². The zero-order valence-corrected chi connectivity index (χ0v) is 10.2. The number of methoxy groups -OCH3 is 1. The average molecular weight is 234 g/mol. The summed E-state index contributed by atoms with van der Waals surface area (Å²) in [6.07, 6.45) is 1.73. The van der Waals surface area contributed by atoms with Crippen molar-refractivity contribution in [1.29, 1.82) is 0 Å². The van der Waals surface area contributed by atoms with Gasteiger partial charge in [-0.05, 0) is 36.8 Å². The largest absolute Gasteiger partial charge is 0.469 e. The zero-order valence-electron chi connectivity index (χ0n) is 10.2. The molecule has 0 heterocycles. The fraction of sp³-hybridized carbons (Fsp3) is 0.500. The molecule has 0 amide bonds. The van der Waals surface area contributed by atoms with Crippen LogP contribution in [0, 0.1) is 5.92 Å². The Morgan fingerprint density at radius 1 is 1.35 bits per heavy atom. The minimum atomic E-state index is -0.796. The topological polar surface area (TPSA) is 46.5 Å². The minimum Gasteiger partial charge on any atom is -0.469 e. The van der Waals surface area contributed by atoms with Crippen LogP contribution in [0.5, 0.6) is 0 Å². The highest BCUT2D eigenvalue weighted by atomic mass is 16.5. The molecular formula is C14H18O3. The van der Waals surface area contributed by atoms with Crippen LogP contribution in [0.3, 0.4) is 0 Å². The normalized spacial score (nSPS) is 18.5. The molecule has 3 nitrogen and oxygen atoms in total. The van der Waals surface area contributed by atoms with E-state index < -0.39 is 12.0 Å². The highest BCUT2D eigenvalue weighted by Crippen LogP contribution is 2.40. The maximum Gasteiger partial charge on any atom is 0.311 e. The Morgan fingerprint density at radius 2 is 1.94 bits per heavy atom. The van der Waals surface area contributed by atoms with E-state index in [-0.39, 0.29) is 5.97 Å². The second-order valence-electron chi connectivity index (χ2n) is 4.70. The van der Waals surface area contributed by atoms with Gasteiger partial charge in [0.05, 0.1) is 19.1 Å². The van der Waals surface area contributed by atoms with Gasteiger partial charge in [-0.3, -0.25) is 4.79 Å². The molecule has 0 aliphatic heterocycles. The highest BCUT2D eigenvalue weighted by molar-refractivity contribution is 5.72. The second kappa shape index (κ2) is 4.88. The van der Waals surface area contributed by atoms with Gasteiger partial charge in [0.25, 0.3) is 0 Å². The lowest BCUT2D eigenvalue weighted by Gasteiger charge is -2.17. The minimum absolute atomic E-state index is 0.385. The highest BCUT2D eigenvalue weighted by Gasteiger charge is 2.26. The van der Waals surface area contributed by atoms with Crippen molar-refractivity contribution in [3.05, 3.63) is 35.4 Å². The number of hydrogen-bond acceptors (Lipinski definition) is 3. The van der Waals surface area contributed by atoms with Crippen LogP contribution in [0.1, 0.15) is 42.9 Å². The van der Waals surface area contributed by atoms with Crippen molar-refractivity contribution in [2.75, 3.05) is 7.11 Å². The third-order valence-corrected chi connectivity index (χ3v) is 3.37. The molecule has 1 fully saturated rings. The van der Waals surface area contributed by atoms with Crippen molar-refractivity contribution in [2.24, 2.45) is 5.92 Å². The number of carbonyl (C=O) groups is 1. The van der Waals surface area contributed by atoms with E-state index in [1.54, 1.807) is 6.92 Å². The molecule has 3 heteroatoms. The van der Waals surface area contributed by atoms with Crippen molar-refractivity contribution >= 4 is 5.97 Å². The molecule has 1 N–H and O–H groups in total. The zero-order chi connectivity index (χ0) is 12.4. The van der Waals surface area contributed by atoms with Gasteiger partial charge in [0.15, 0.2) is 0 Å². The average Bonchev–Trinajstić information content (AvgIpc) is 3.20. The smallest absolute Gasteiger partial charge is 0.311 e. The van der Waals surface area contributed by atoms with Gasteiger partial charge in [0.2, 0.25) is 0 Å². The van der Waals surface area contributed by atoms with Crippen LogP contribution in [-0.4, -0.2) is 18.2 Å². The lowest BCUT2D eigenvalue weighted by atomic mass is 9.96. The second-order valence-corrected chi connectivity index (χ2v) is 4.70. The first-order valence-corrected chi connectivity index (χ1v) is 5.99. The lowest BCUT2D eigenvalue weighted by molar-refractivity contribution is -0.148. The standard InChI is InChI=1S/C14H18O3/c1-9(14(16)17-2)13(15)12-7-5-11(6-8-12)10-3-4-10/h5-10,13,15H,3-4H2,1-2H3. The molecule has 0 aromatic heterocycles. The molecule has 1 aromatic rings. The molecule has 92 valence electrons. The molecule has 2 unspecified atom stereocenters. The third-order valence-electron chi connectivity index (χ3n) is 3.37. The molecular weight excluding hydrogens is 216 g/mol. The van der Waals surface area contributed by atoms with Crippen LogP contribution < -0.4 is 0 Å². The monoisotopic (exact) mass is 234 g/mol. The first kappa shape index (κ1) is 12.1. The quantitative estimate of drug-likeness (QED) is 0.814. The SMILES string of the molecule is COC(=O)C(C)C(O)c1ccc(C2CC2)cc1. The Balaban J connectivity index is 2.07. The van der Waals surface area contributed by atoms with Crippen LogP contribution in [0.15, 0.2) is 24.3 Å². The number of benzene rings is 1. The van der Waals surface area contributed by atoms with Crippen molar-refractivity contribution in [1.82, 2.24) is 0 Å². The van der Waals surface area contributed by atoms with E-state index in [0.29, 0.717) is 5.92 Å². The van der Waals surface area contributed by atoms with E-state index in [2.05, 4.69) is 4.74 Å². The summed E-state index contributed by atoms with van der Waals surface area (Å²) in [6.45, 7) is 1.67. The van der Waals surface area contributed by atoms with Crippen molar-refractivity contribution < 1.29 is 14.6 Å². The van der Waals surface area contributed by atoms with E-state index in [1.165, 1.54) is 25.5 Å². The molecule has 0 spiro atoms. The van der Waals surface area contributed by atoms with E-state index in [9.17, 15) is 9.90 Å². The third kappa shape index (κ3) is 2.67. The van der Waals surface area contributed by atoms with Crippen LogP contribution >= 0.6 is 0 Å². The molecule has 0 radical (unpaired) electrons. The number of esters is 1. The number of aliphatic hydroxyl groups excluding tert-OH is 1. The van der Waals surface area contributed by atoms with Crippen LogP contribution in [0.25, 0.3) is 0 Å². The predicted molar refractivity (Wildman–Crippen MR) is 64.6 cm³/mol. The summed E-state index contributed by atoms with van der Waals surface area (Å²) < 4.78 is 4.63. The Labute approximate surface area is 101 Å². The van der Waals surface area contributed by atoms with E-state index >= 15 is 0 Å².